The van der Waals surface area contributed by atoms with Gasteiger partial charge >= 0.3 is 5.97 Å². The number of nitrogens with zero attached hydrogens (tertiary/aromatic N) is 4. The molecule has 0 radical (unpaired) electrons. The van der Waals surface area contributed by atoms with Crippen molar-refractivity contribution in [3.8, 4) is 22.3 Å². The lowest BCUT2D eigenvalue weighted by Gasteiger charge is -2.09. The van der Waals surface area contributed by atoms with Crippen molar-refractivity contribution in [1.82, 2.24) is 14.8 Å². The summed E-state index contributed by atoms with van der Waals surface area (Å²) in [6.07, 6.45) is 1.35. The number of thiazole rings is 1. The number of hydrogen-bond donors (Lipinski definition) is 1. The van der Waals surface area contributed by atoms with Gasteiger partial charge in [0.15, 0.2) is 18.1 Å². The van der Waals surface area contributed by atoms with Crippen LogP contribution in [0.3, 0.4) is 0 Å². The predicted molar refractivity (Wildman–Crippen MR) is 120 cm³/mol. The first-order valence-electron chi connectivity index (χ1n) is 9.27. The van der Waals surface area contributed by atoms with Crippen LogP contribution in [0.2, 0.25) is 5.02 Å². The zero-order valence-corrected chi connectivity index (χ0v) is 17.9. The van der Waals surface area contributed by atoms with Crippen LogP contribution in [-0.2, 0) is 9.53 Å². The molecule has 0 fully saturated rings. The number of amides is 1. The van der Waals surface area contributed by atoms with Gasteiger partial charge in [-0.15, -0.1) is 11.3 Å². The van der Waals surface area contributed by atoms with Crippen LogP contribution >= 0.6 is 22.9 Å². The van der Waals surface area contributed by atoms with Gasteiger partial charge in [0.2, 0.25) is 0 Å². The molecule has 2 heterocycles. The summed E-state index contributed by atoms with van der Waals surface area (Å²) in [6, 6.07) is 18.1. The Hall–Kier alpha value is -4.00. The summed E-state index contributed by atoms with van der Waals surface area (Å²) in [4.78, 5) is 29.0. The number of ether oxygens (including phenoxy) is 1. The van der Waals surface area contributed by atoms with Crippen LogP contribution < -0.4 is 5.32 Å². The second-order valence-corrected chi connectivity index (χ2v) is 7.73. The van der Waals surface area contributed by atoms with E-state index in [1.54, 1.807) is 41.8 Å². The van der Waals surface area contributed by atoms with Crippen LogP contribution in [0.25, 0.3) is 16.3 Å². The third kappa shape index (κ3) is 4.67. The summed E-state index contributed by atoms with van der Waals surface area (Å²) < 4.78 is 6.51. The molecule has 4 aromatic rings. The number of hydrogen-bond acceptors (Lipinski definition) is 7. The Labute approximate surface area is 191 Å². The van der Waals surface area contributed by atoms with Crippen molar-refractivity contribution < 1.29 is 14.3 Å². The average Bonchev–Trinajstić information content (AvgIpc) is 3.46. The molecule has 2 aromatic carbocycles. The zero-order valence-electron chi connectivity index (χ0n) is 16.4. The maximum Gasteiger partial charge on any atom is 0.358 e. The van der Waals surface area contributed by atoms with E-state index in [0.29, 0.717) is 15.7 Å². The van der Waals surface area contributed by atoms with E-state index in [1.165, 1.54) is 22.2 Å². The molecule has 0 spiro atoms. The number of carbonyl (C=O) groups excluding carboxylic acids is 2. The van der Waals surface area contributed by atoms with Crippen LogP contribution in [0.5, 0.6) is 0 Å². The second-order valence-electron chi connectivity index (χ2n) is 6.44. The number of benzene rings is 2. The maximum absolute atomic E-state index is 12.4. The van der Waals surface area contributed by atoms with Crippen molar-refractivity contribution in [3.63, 3.8) is 0 Å². The van der Waals surface area contributed by atoms with Gasteiger partial charge in [0.05, 0.1) is 11.9 Å². The summed E-state index contributed by atoms with van der Waals surface area (Å²) in [5.74, 6) is -1.15. The number of anilines is 1. The highest BCUT2D eigenvalue weighted by Crippen LogP contribution is 2.25. The zero-order chi connectivity index (χ0) is 22.5. The number of nitrogens with one attached hydrogen (secondary N) is 1. The highest BCUT2D eigenvalue weighted by atomic mass is 35.5. The van der Waals surface area contributed by atoms with E-state index in [1.807, 2.05) is 24.3 Å². The molecule has 2 aromatic heterocycles. The van der Waals surface area contributed by atoms with E-state index in [9.17, 15) is 14.9 Å². The molecule has 8 nitrogen and oxygen atoms in total. The Bertz CT molecular complexity index is 1310. The maximum atomic E-state index is 12.4. The highest BCUT2D eigenvalue weighted by Gasteiger charge is 2.18. The van der Waals surface area contributed by atoms with Gasteiger partial charge in [-0.3, -0.25) is 4.79 Å². The SMILES string of the molecule is N#Cc1cnn(-c2ccccc2)c1NC(=O)COC(=O)c1csc(-c2ccc(Cl)cc2)n1. The number of rotatable bonds is 6. The first kappa shape index (κ1) is 21.2. The van der Waals surface area contributed by atoms with Crippen LogP contribution in [0.15, 0.2) is 66.2 Å². The first-order chi connectivity index (χ1) is 15.5. The molecule has 0 saturated carbocycles. The van der Waals surface area contributed by atoms with Gasteiger partial charge in [-0.05, 0) is 24.3 Å². The van der Waals surface area contributed by atoms with Crippen molar-refractivity contribution >= 4 is 40.6 Å². The van der Waals surface area contributed by atoms with Crippen molar-refractivity contribution in [2.24, 2.45) is 0 Å². The Morgan fingerprint density at radius 1 is 1.16 bits per heavy atom. The van der Waals surface area contributed by atoms with E-state index in [4.69, 9.17) is 16.3 Å². The Morgan fingerprint density at radius 2 is 1.91 bits per heavy atom. The van der Waals surface area contributed by atoms with Crippen molar-refractivity contribution in [2.75, 3.05) is 11.9 Å². The minimum Gasteiger partial charge on any atom is -0.451 e. The smallest absolute Gasteiger partial charge is 0.358 e. The standard InChI is InChI=1S/C22H14ClN5O3S/c23-16-8-6-14(7-9-16)21-26-18(13-32-21)22(30)31-12-19(29)27-20-15(10-24)11-25-28(20)17-4-2-1-3-5-17/h1-9,11,13H,12H2,(H,27,29). The monoisotopic (exact) mass is 463 g/mol. The molecule has 0 saturated heterocycles. The molecule has 32 heavy (non-hydrogen) atoms. The molecule has 0 bridgehead atoms. The Balaban J connectivity index is 1.41. The number of esters is 1. The van der Waals surface area contributed by atoms with Crippen LogP contribution in [0, 0.1) is 11.3 Å². The third-order valence-electron chi connectivity index (χ3n) is 4.29. The van der Waals surface area contributed by atoms with Gasteiger partial charge in [0.25, 0.3) is 5.91 Å². The van der Waals surface area contributed by atoms with E-state index < -0.39 is 18.5 Å². The first-order valence-corrected chi connectivity index (χ1v) is 10.5. The summed E-state index contributed by atoms with van der Waals surface area (Å²) in [5.41, 5.74) is 1.76. The molecule has 0 aliphatic rings. The molecule has 1 N–H and O–H groups in total. The number of carbonyl (C=O) groups is 2. The summed E-state index contributed by atoms with van der Waals surface area (Å²) in [6.45, 7) is -0.544. The van der Waals surface area contributed by atoms with E-state index in [2.05, 4.69) is 15.4 Å². The molecular weight excluding hydrogens is 450 g/mol. The molecule has 4 rings (SSSR count). The van der Waals surface area contributed by atoms with Gasteiger partial charge in [-0.25, -0.2) is 14.5 Å². The largest absolute Gasteiger partial charge is 0.451 e. The number of para-hydroxylation sites is 1. The topological polar surface area (TPSA) is 110 Å². The highest BCUT2D eigenvalue weighted by molar-refractivity contribution is 7.13. The lowest BCUT2D eigenvalue weighted by atomic mass is 10.2. The van der Waals surface area contributed by atoms with Crippen LogP contribution in [-0.4, -0.2) is 33.2 Å². The van der Waals surface area contributed by atoms with Gasteiger partial charge in [0.1, 0.15) is 16.6 Å². The number of halogens is 1. The number of nitriles is 1. The second kappa shape index (κ2) is 9.43. The molecule has 0 aliphatic carbocycles. The van der Waals surface area contributed by atoms with E-state index in [0.717, 1.165) is 5.56 Å². The lowest BCUT2D eigenvalue weighted by molar-refractivity contribution is -0.119. The number of aromatic nitrogens is 3. The Kier molecular flexibility index (Phi) is 6.26. The minimum atomic E-state index is -0.728. The normalized spacial score (nSPS) is 10.4. The van der Waals surface area contributed by atoms with Crippen molar-refractivity contribution in [1.29, 1.82) is 5.26 Å². The van der Waals surface area contributed by atoms with Crippen molar-refractivity contribution in [3.05, 3.63) is 82.5 Å². The molecule has 0 atom stereocenters. The molecule has 1 amide bonds. The van der Waals surface area contributed by atoms with E-state index in [-0.39, 0.29) is 17.1 Å². The molecule has 10 heteroatoms. The third-order valence-corrected chi connectivity index (χ3v) is 5.43. The quantitative estimate of drug-likeness (QED) is 0.426. The fraction of sp³-hybridized carbons (Fsp3) is 0.0455. The van der Waals surface area contributed by atoms with Gasteiger partial charge in [-0.1, -0.05) is 41.9 Å². The van der Waals surface area contributed by atoms with Gasteiger partial charge in [-0.2, -0.15) is 10.4 Å². The lowest BCUT2D eigenvalue weighted by Crippen LogP contribution is -2.23. The van der Waals surface area contributed by atoms with Crippen molar-refractivity contribution in [2.45, 2.75) is 0 Å². The minimum absolute atomic E-state index is 0.0970. The average molecular weight is 464 g/mol. The van der Waals surface area contributed by atoms with Crippen LogP contribution in [0.4, 0.5) is 5.82 Å². The molecule has 0 aliphatic heterocycles. The summed E-state index contributed by atoms with van der Waals surface area (Å²) in [5, 5.41) is 18.8. The van der Waals surface area contributed by atoms with Gasteiger partial charge < -0.3 is 10.1 Å². The molecular formula is C22H14ClN5O3S. The molecule has 158 valence electrons. The van der Waals surface area contributed by atoms with Crippen LogP contribution in [0.1, 0.15) is 16.1 Å². The fourth-order valence-electron chi connectivity index (χ4n) is 2.78. The summed E-state index contributed by atoms with van der Waals surface area (Å²) in [7, 11) is 0. The van der Waals surface area contributed by atoms with E-state index >= 15 is 0 Å². The van der Waals surface area contributed by atoms with Gasteiger partial charge in [0, 0.05) is 16.0 Å². The molecule has 0 unspecified atom stereocenters. The fourth-order valence-corrected chi connectivity index (χ4v) is 3.70. The Morgan fingerprint density at radius 3 is 2.62 bits per heavy atom. The summed E-state index contributed by atoms with van der Waals surface area (Å²) >= 11 is 7.16. The predicted octanol–water partition coefficient (Wildman–Crippen LogP) is 4.32.